The molecule has 5 heteroatoms. The van der Waals surface area contributed by atoms with E-state index >= 15 is 0 Å². The van der Waals surface area contributed by atoms with Gasteiger partial charge in [-0.1, -0.05) is 0 Å². The fourth-order valence-electron chi connectivity index (χ4n) is 2.88. The van der Waals surface area contributed by atoms with E-state index in [9.17, 15) is 4.79 Å². The van der Waals surface area contributed by atoms with Crippen molar-refractivity contribution >= 4 is 17.2 Å². The van der Waals surface area contributed by atoms with Gasteiger partial charge >= 0.3 is 0 Å². The summed E-state index contributed by atoms with van der Waals surface area (Å²) in [7, 11) is 0. The molecular formula is C14H21N3OS. The minimum Gasteiger partial charge on any atom is -0.339 e. The van der Waals surface area contributed by atoms with Crippen LogP contribution < -0.4 is 5.32 Å². The van der Waals surface area contributed by atoms with E-state index in [0.29, 0.717) is 5.91 Å². The van der Waals surface area contributed by atoms with Gasteiger partial charge in [0.25, 0.3) is 0 Å². The average molecular weight is 279 g/mol. The van der Waals surface area contributed by atoms with E-state index in [2.05, 4.69) is 27.0 Å². The first-order valence-electron chi connectivity index (χ1n) is 7.08. The van der Waals surface area contributed by atoms with Gasteiger partial charge in [0.2, 0.25) is 5.91 Å². The maximum absolute atomic E-state index is 12.3. The molecule has 0 saturated carbocycles. The van der Waals surface area contributed by atoms with Crippen LogP contribution in [0.1, 0.15) is 18.4 Å². The van der Waals surface area contributed by atoms with Gasteiger partial charge in [0.05, 0.1) is 6.04 Å². The Morgan fingerprint density at radius 1 is 1.37 bits per heavy atom. The van der Waals surface area contributed by atoms with E-state index in [-0.39, 0.29) is 6.04 Å². The van der Waals surface area contributed by atoms with Crippen molar-refractivity contribution in [3.05, 3.63) is 22.4 Å². The van der Waals surface area contributed by atoms with Crippen LogP contribution in [0, 0.1) is 0 Å². The third-order valence-corrected chi connectivity index (χ3v) is 4.76. The van der Waals surface area contributed by atoms with Crippen molar-refractivity contribution in [2.45, 2.75) is 25.4 Å². The summed E-state index contributed by atoms with van der Waals surface area (Å²) >= 11 is 1.75. The van der Waals surface area contributed by atoms with Crippen molar-refractivity contribution in [1.29, 1.82) is 0 Å². The second kappa shape index (κ2) is 6.03. The number of nitrogens with zero attached hydrogens (tertiary/aromatic N) is 2. The van der Waals surface area contributed by atoms with Crippen molar-refractivity contribution < 1.29 is 4.79 Å². The molecule has 3 rings (SSSR count). The molecule has 0 spiro atoms. The van der Waals surface area contributed by atoms with E-state index in [1.165, 1.54) is 5.56 Å². The topological polar surface area (TPSA) is 35.6 Å². The summed E-state index contributed by atoms with van der Waals surface area (Å²) in [6.45, 7) is 5.76. The zero-order chi connectivity index (χ0) is 13.1. The lowest BCUT2D eigenvalue weighted by molar-refractivity contribution is -0.134. The normalized spacial score (nSPS) is 24.8. The van der Waals surface area contributed by atoms with Gasteiger partial charge in [-0.15, -0.1) is 0 Å². The third-order valence-electron chi connectivity index (χ3n) is 4.03. The van der Waals surface area contributed by atoms with Crippen LogP contribution in [0.15, 0.2) is 16.8 Å². The maximum Gasteiger partial charge on any atom is 0.239 e. The number of piperazine rings is 1. The summed E-state index contributed by atoms with van der Waals surface area (Å²) in [5, 5.41) is 7.63. The van der Waals surface area contributed by atoms with Crippen LogP contribution in [-0.2, 0) is 11.3 Å². The number of carbonyl (C=O) groups is 1. The molecule has 1 aromatic rings. The Morgan fingerprint density at radius 3 is 2.84 bits per heavy atom. The van der Waals surface area contributed by atoms with Crippen molar-refractivity contribution in [2.24, 2.45) is 0 Å². The van der Waals surface area contributed by atoms with Crippen molar-refractivity contribution in [1.82, 2.24) is 15.1 Å². The molecule has 2 aliphatic heterocycles. The lowest BCUT2D eigenvalue weighted by Crippen LogP contribution is -2.52. The summed E-state index contributed by atoms with van der Waals surface area (Å²) in [6, 6.07) is 2.27. The number of thiophene rings is 1. The molecule has 2 saturated heterocycles. The summed E-state index contributed by atoms with van der Waals surface area (Å²) in [5.74, 6) is 0.313. The first kappa shape index (κ1) is 13.1. The van der Waals surface area contributed by atoms with Gasteiger partial charge in [0.15, 0.2) is 0 Å². The van der Waals surface area contributed by atoms with Crippen LogP contribution in [0.5, 0.6) is 0 Å². The van der Waals surface area contributed by atoms with E-state index in [1.807, 2.05) is 4.90 Å². The van der Waals surface area contributed by atoms with Crippen LogP contribution in [0.3, 0.4) is 0 Å². The standard InChI is InChI=1S/C14H21N3OS/c18-14(13-2-1-4-15-13)17-7-5-16(6-8-17)10-12-3-9-19-11-12/h3,9,11,13,15H,1-2,4-8,10H2/t13-/m1/s1. The van der Waals surface area contributed by atoms with Gasteiger partial charge in [-0.25, -0.2) is 0 Å². The second-order valence-corrected chi connectivity index (χ2v) is 6.16. The highest BCUT2D eigenvalue weighted by atomic mass is 32.1. The zero-order valence-electron chi connectivity index (χ0n) is 11.2. The van der Waals surface area contributed by atoms with Crippen LogP contribution >= 0.6 is 11.3 Å². The number of hydrogen-bond donors (Lipinski definition) is 1. The number of nitrogens with one attached hydrogen (secondary N) is 1. The Bertz CT molecular complexity index is 406. The predicted octanol–water partition coefficient (Wildman–Crippen LogP) is 1.14. The van der Waals surface area contributed by atoms with Gasteiger partial charge in [-0.3, -0.25) is 9.69 Å². The fourth-order valence-corrected chi connectivity index (χ4v) is 3.54. The molecule has 1 aromatic heterocycles. The molecule has 4 nitrogen and oxygen atoms in total. The van der Waals surface area contributed by atoms with E-state index in [4.69, 9.17) is 0 Å². The molecule has 2 aliphatic rings. The molecule has 104 valence electrons. The molecule has 0 unspecified atom stereocenters. The van der Waals surface area contributed by atoms with Crippen molar-refractivity contribution in [3.8, 4) is 0 Å². The molecule has 0 aliphatic carbocycles. The Balaban J connectivity index is 1.47. The second-order valence-electron chi connectivity index (χ2n) is 5.38. The Kier molecular flexibility index (Phi) is 4.15. The Morgan fingerprint density at radius 2 is 2.21 bits per heavy atom. The third kappa shape index (κ3) is 3.16. The van der Waals surface area contributed by atoms with Crippen LogP contribution in [0.2, 0.25) is 0 Å². The highest BCUT2D eigenvalue weighted by Gasteiger charge is 2.28. The lowest BCUT2D eigenvalue weighted by Gasteiger charge is -2.35. The van der Waals surface area contributed by atoms with Crippen LogP contribution in [-0.4, -0.2) is 54.5 Å². The van der Waals surface area contributed by atoms with E-state index in [1.54, 1.807) is 11.3 Å². The summed E-state index contributed by atoms with van der Waals surface area (Å²) < 4.78 is 0. The van der Waals surface area contributed by atoms with E-state index in [0.717, 1.165) is 52.1 Å². The number of hydrogen-bond acceptors (Lipinski definition) is 4. The summed E-state index contributed by atoms with van der Waals surface area (Å²) in [6.07, 6.45) is 2.14. The Labute approximate surface area is 118 Å². The van der Waals surface area contributed by atoms with Gasteiger partial charge in [0, 0.05) is 32.7 Å². The van der Waals surface area contributed by atoms with Gasteiger partial charge in [-0.05, 0) is 41.8 Å². The molecule has 19 heavy (non-hydrogen) atoms. The average Bonchev–Trinajstić information content (AvgIpc) is 3.12. The van der Waals surface area contributed by atoms with Gasteiger partial charge < -0.3 is 10.2 Å². The molecule has 1 amide bonds. The molecule has 0 bridgehead atoms. The molecular weight excluding hydrogens is 258 g/mol. The predicted molar refractivity (Wildman–Crippen MR) is 77.2 cm³/mol. The van der Waals surface area contributed by atoms with Crippen LogP contribution in [0.25, 0.3) is 0 Å². The smallest absolute Gasteiger partial charge is 0.239 e. The quantitative estimate of drug-likeness (QED) is 0.901. The monoisotopic (exact) mass is 279 g/mol. The van der Waals surface area contributed by atoms with Crippen LogP contribution in [0.4, 0.5) is 0 Å². The molecule has 2 fully saturated rings. The molecule has 1 atom stereocenters. The van der Waals surface area contributed by atoms with Crippen molar-refractivity contribution in [2.75, 3.05) is 32.7 Å². The van der Waals surface area contributed by atoms with E-state index < -0.39 is 0 Å². The molecule has 0 aromatic carbocycles. The van der Waals surface area contributed by atoms with Gasteiger partial charge in [0.1, 0.15) is 0 Å². The maximum atomic E-state index is 12.3. The molecule has 0 radical (unpaired) electrons. The van der Waals surface area contributed by atoms with Gasteiger partial charge in [-0.2, -0.15) is 11.3 Å². The number of rotatable bonds is 3. The Hall–Kier alpha value is -0.910. The lowest BCUT2D eigenvalue weighted by atomic mass is 10.2. The number of amides is 1. The summed E-state index contributed by atoms with van der Waals surface area (Å²) in [5.41, 5.74) is 1.39. The highest BCUT2D eigenvalue weighted by molar-refractivity contribution is 7.07. The highest BCUT2D eigenvalue weighted by Crippen LogP contribution is 2.14. The molecule has 1 N–H and O–H groups in total. The van der Waals surface area contributed by atoms with Crippen molar-refractivity contribution in [3.63, 3.8) is 0 Å². The zero-order valence-corrected chi connectivity index (χ0v) is 12.0. The SMILES string of the molecule is O=C([C@H]1CCCN1)N1CCN(Cc2ccsc2)CC1. The fraction of sp³-hybridized carbons (Fsp3) is 0.643. The summed E-state index contributed by atoms with van der Waals surface area (Å²) in [4.78, 5) is 16.7. The minimum absolute atomic E-state index is 0.0865. The minimum atomic E-state index is 0.0865. The number of carbonyl (C=O) groups excluding carboxylic acids is 1. The first-order valence-corrected chi connectivity index (χ1v) is 8.03. The largest absolute Gasteiger partial charge is 0.339 e. The first-order chi connectivity index (χ1) is 9.33. The molecule has 3 heterocycles.